The molecule has 1 aromatic heterocycles. The molecule has 4 rings (SSSR count). The van der Waals surface area contributed by atoms with Crippen LogP contribution in [0.15, 0.2) is 35.3 Å². The average molecular weight is 367 g/mol. The summed E-state index contributed by atoms with van der Waals surface area (Å²) in [6, 6.07) is 10.5. The molecule has 2 heterocycles. The number of nitrogens with zero attached hydrogens (tertiary/aromatic N) is 5. The minimum Gasteiger partial charge on any atom is -0.349 e. The molecule has 2 fully saturated rings. The Morgan fingerprint density at radius 2 is 1.93 bits per heavy atom. The summed E-state index contributed by atoms with van der Waals surface area (Å²) in [7, 11) is 2.01. The van der Waals surface area contributed by atoms with E-state index in [9.17, 15) is 0 Å². The molecule has 0 unspecified atom stereocenters. The van der Waals surface area contributed by atoms with E-state index in [4.69, 9.17) is 4.99 Å². The largest absolute Gasteiger partial charge is 0.349 e. The highest BCUT2D eigenvalue weighted by Crippen LogP contribution is 2.45. The number of hydrogen-bond acceptors (Lipinski definition) is 3. The van der Waals surface area contributed by atoms with Gasteiger partial charge in [0.25, 0.3) is 0 Å². The molecule has 0 radical (unpaired) electrons. The fourth-order valence-corrected chi connectivity index (χ4v) is 4.43. The number of guanidine groups is 1. The van der Waals surface area contributed by atoms with Crippen LogP contribution in [0.1, 0.15) is 49.3 Å². The molecule has 0 atom stereocenters. The smallest absolute Gasteiger partial charge is 0.194 e. The van der Waals surface area contributed by atoms with Gasteiger partial charge in [-0.1, -0.05) is 43.2 Å². The molecule has 2 aliphatic rings. The van der Waals surface area contributed by atoms with Crippen LogP contribution < -0.4 is 5.32 Å². The molecule has 144 valence electrons. The lowest BCUT2D eigenvalue weighted by atomic mass is 9.86. The molecule has 1 aliphatic carbocycles. The van der Waals surface area contributed by atoms with E-state index in [-0.39, 0.29) is 0 Å². The Morgan fingerprint density at radius 3 is 2.63 bits per heavy atom. The third-order valence-corrected chi connectivity index (χ3v) is 6.24. The van der Waals surface area contributed by atoms with Crippen molar-refractivity contribution in [2.45, 2.75) is 52.1 Å². The van der Waals surface area contributed by atoms with Crippen molar-refractivity contribution < 1.29 is 0 Å². The van der Waals surface area contributed by atoms with Crippen LogP contribution in [0.4, 0.5) is 0 Å². The predicted octanol–water partition coefficient (Wildman–Crippen LogP) is 3.04. The molecular weight excluding hydrogens is 336 g/mol. The number of hydrogen-bond donors (Lipinski definition) is 1. The van der Waals surface area contributed by atoms with E-state index >= 15 is 0 Å². The fourth-order valence-electron chi connectivity index (χ4n) is 4.43. The van der Waals surface area contributed by atoms with Gasteiger partial charge in [-0.25, -0.2) is 4.99 Å². The van der Waals surface area contributed by atoms with Gasteiger partial charge in [-0.15, -0.1) is 10.2 Å². The molecule has 27 heavy (non-hydrogen) atoms. The molecule has 1 spiro atoms. The van der Waals surface area contributed by atoms with Crippen molar-refractivity contribution in [3.05, 3.63) is 47.5 Å². The summed E-state index contributed by atoms with van der Waals surface area (Å²) in [6.07, 6.45) is 6.81. The van der Waals surface area contributed by atoms with E-state index in [0.717, 1.165) is 30.7 Å². The molecule has 1 N–H and O–H groups in total. The van der Waals surface area contributed by atoms with Crippen molar-refractivity contribution in [1.29, 1.82) is 0 Å². The quantitative estimate of drug-likeness (QED) is 0.667. The lowest BCUT2D eigenvalue weighted by molar-refractivity contribution is 0.309. The van der Waals surface area contributed by atoms with Crippen molar-refractivity contribution in [2.24, 2.45) is 17.5 Å². The van der Waals surface area contributed by atoms with E-state index in [1.807, 2.05) is 24.6 Å². The third-order valence-electron chi connectivity index (χ3n) is 6.24. The molecule has 1 aliphatic heterocycles. The zero-order valence-electron chi connectivity index (χ0n) is 16.5. The molecule has 2 aromatic rings. The van der Waals surface area contributed by atoms with Crippen LogP contribution in [0.3, 0.4) is 0 Å². The Bertz CT molecular complexity index is 788. The second kappa shape index (κ2) is 7.71. The molecule has 0 bridgehead atoms. The number of rotatable bonds is 4. The van der Waals surface area contributed by atoms with Gasteiger partial charge in [-0.2, -0.15) is 0 Å². The highest BCUT2D eigenvalue weighted by atomic mass is 15.3. The maximum absolute atomic E-state index is 4.96. The van der Waals surface area contributed by atoms with Crippen molar-refractivity contribution >= 4 is 5.96 Å². The van der Waals surface area contributed by atoms with Crippen LogP contribution in [0, 0.1) is 12.3 Å². The van der Waals surface area contributed by atoms with Gasteiger partial charge in [0, 0.05) is 20.1 Å². The van der Waals surface area contributed by atoms with Gasteiger partial charge in [0.1, 0.15) is 5.82 Å². The number of aromatic nitrogens is 3. The SMILES string of the molecule is Cc1nnc(CNC(=NCc2ccccc2)N2CCC3(CCCC3)C2)n1C. The first kappa shape index (κ1) is 18.0. The van der Waals surface area contributed by atoms with E-state index in [1.54, 1.807) is 0 Å². The van der Waals surface area contributed by atoms with Gasteiger partial charge in [0.2, 0.25) is 0 Å². The van der Waals surface area contributed by atoms with Crippen molar-refractivity contribution in [1.82, 2.24) is 25.0 Å². The summed E-state index contributed by atoms with van der Waals surface area (Å²) >= 11 is 0. The first-order chi connectivity index (χ1) is 13.2. The third kappa shape index (κ3) is 3.99. The monoisotopic (exact) mass is 366 g/mol. The van der Waals surface area contributed by atoms with Crippen LogP contribution in [-0.2, 0) is 20.1 Å². The second-order valence-electron chi connectivity index (χ2n) is 8.08. The molecule has 6 nitrogen and oxygen atoms in total. The molecule has 1 saturated heterocycles. The summed E-state index contributed by atoms with van der Waals surface area (Å²) in [4.78, 5) is 7.41. The Kier molecular flexibility index (Phi) is 5.14. The molecule has 1 aromatic carbocycles. The van der Waals surface area contributed by atoms with Crippen molar-refractivity contribution in [3.63, 3.8) is 0 Å². The Labute approximate surface area is 161 Å². The zero-order chi connectivity index (χ0) is 18.7. The van der Waals surface area contributed by atoms with Gasteiger partial charge < -0.3 is 14.8 Å². The van der Waals surface area contributed by atoms with Crippen LogP contribution in [0.25, 0.3) is 0 Å². The van der Waals surface area contributed by atoms with Crippen LogP contribution in [0.5, 0.6) is 0 Å². The first-order valence-electron chi connectivity index (χ1n) is 10.1. The van der Waals surface area contributed by atoms with Gasteiger partial charge in [0.15, 0.2) is 11.8 Å². The highest BCUT2D eigenvalue weighted by molar-refractivity contribution is 5.80. The van der Waals surface area contributed by atoms with Gasteiger partial charge in [0.05, 0.1) is 13.1 Å². The summed E-state index contributed by atoms with van der Waals surface area (Å²) < 4.78 is 2.03. The van der Waals surface area contributed by atoms with Gasteiger partial charge >= 0.3 is 0 Å². The minimum absolute atomic E-state index is 0.524. The highest BCUT2D eigenvalue weighted by Gasteiger charge is 2.41. The second-order valence-corrected chi connectivity index (χ2v) is 8.08. The maximum atomic E-state index is 4.96. The van der Waals surface area contributed by atoms with Gasteiger partial charge in [-0.05, 0) is 37.2 Å². The van der Waals surface area contributed by atoms with E-state index in [2.05, 4.69) is 44.7 Å². The molecular formula is C21H30N6. The number of benzene rings is 1. The molecule has 1 saturated carbocycles. The Balaban J connectivity index is 1.49. The minimum atomic E-state index is 0.524. The number of aliphatic imine (C=N–C) groups is 1. The number of nitrogens with one attached hydrogen (secondary N) is 1. The summed E-state index contributed by atoms with van der Waals surface area (Å²) in [5, 5.41) is 12.0. The Morgan fingerprint density at radius 1 is 1.15 bits per heavy atom. The average Bonchev–Trinajstić information content (AvgIpc) is 3.41. The molecule has 6 heteroatoms. The zero-order valence-corrected chi connectivity index (χ0v) is 16.5. The number of likely N-dealkylation sites (tertiary alicyclic amines) is 1. The van der Waals surface area contributed by atoms with Crippen molar-refractivity contribution in [2.75, 3.05) is 13.1 Å². The maximum Gasteiger partial charge on any atom is 0.194 e. The van der Waals surface area contributed by atoms with E-state index < -0.39 is 0 Å². The first-order valence-corrected chi connectivity index (χ1v) is 10.1. The number of aryl methyl sites for hydroxylation is 1. The lowest BCUT2D eigenvalue weighted by Gasteiger charge is -2.26. The fraction of sp³-hybridized carbons (Fsp3) is 0.571. The van der Waals surface area contributed by atoms with Crippen LogP contribution in [0.2, 0.25) is 0 Å². The normalized spacial score (nSPS) is 19.2. The molecule has 0 amide bonds. The van der Waals surface area contributed by atoms with Crippen LogP contribution >= 0.6 is 0 Å². The van der Waals surface area contributed by atoms with Gasteiger partial charge in [-0.3, -0.25) is 0 Å². The summed E-state index contributed by atoms with van der Waals surface area (Å²) in [6.45, 7) is 5.55. The predicted molar refractivity (Wildman–Crippen MR) is 107 cm³/mol. The van der Waals surface area contributed by atoms with E-state index in [0.29, 0.717) is 18.5 Å². The summed E-state index contributed by atoms with van der Waals surface area (Å²) in [5.41, 5.74) is 1.76. The summed E-state index contributed by atoms with van der Waals surface area (Å²) in [5.74, 6) is 2.87. The lowest BCUT2D eigenvalue weighted by Crippen LogP contribution is -2.41. The van der Waals surface area contributed by atoms with E-state index in [1.165, 1.54) is 37.7 Å². The van der Waals surface area contributed by atoms with Crippen molar-refractivity contribution in [3.8, 4) is 0 Å². The standard InChI is InChI=1S/C21H30N6/c1-17-24-25-19(26(17)2)15-23-20(22-14-18-8-4-3-5-9-18)27-13-12-21(16-27)10-6-7-11-21/h3-5,8-9H,6-7,10-16H2,1-2H3,(H,22,23). The Hall–Kier alpha value is -2.37. The topological polar surface area (TPSA) is 58.3 Å². The van der Waals surface area contributed by atoms with Crippen LogP contribution in [-0.4, -0.2) is 38.7 Å².